The van der Waals surface area contributed by atoms with Crippen molar-refractivity contribution >= 4 is 5.91 Å². The number of carbonyl (C=O) groups is 1. The molecule has 0 saturated carbocycles. The van der Waals surface area contributed by atoms with E-state index in [2.05, 4.69) is 20.8 Å². The zero-order chi connectivity index (χ0) is 13.1. The molecule has 0 radical (unpaired) electrons. The van der Waals surface area contributed by atoms with E-state index in [4.69, 9.17) is 5.73 Å². The summed E-state index contributed by atoms with van der Waals surface area (Å²) in [6.07, 6.45) is 10.8. The van der Waals surface area contributed by atoms with Gasteiger partial charge in [0, 0.05) is 5.92 Å². The lowest BCUT2D eigenvalue weighted by Crippen LogP contribution is -2.29. The van der Waals surface area contributed by atoms with E-state index < -0.39 is 0 Å². The number of unbranched alkanes of at least 4 members (excludes halogenated alkanes) is 4. The van der Waals surface area contributed by atoms with Crippen molar-refractivity contribution in [3.8, 4) is 0 Å². The minimum absolute atomic E-state index is 0.0905. The van der Waals surface area contributed by atoms with Crippen LogP contribution < -0.4 is 5.73 Å². The molecule has 2 heteroatoms. The summed E-state index contributed by atoms with van der Waals surface area (Å²) in [7, 11) is 0. The summed E-state index contributed by atoms with van der Waals surface area (Å²) >= 11 is 0. The highest BCUT2D eigenvalue weighted by molar-refractivity contribution is 5.76. The molecule has 17 heavy (non-hydrogen) atoms. The van der Waals surface area contributed by atoms with Crippen molar-refractivity contribution < 1.29 is 4.79 Å². The Balaban J connectivity index is 3.97. The van der Waals surface area contributed by atoms with Crippen LogP contribution in [0.3, 0.4) is 0 Å². The molecule has 0 spiro atoms. The first kappa shape index (κ1) is 16.5. The smallest absolute Gasteiger partial charge is 0.220 e. The number of rotatable bonds is 11. The van der Waals surface area contributed by atoms with Crippen molar-refractivity contribution in [2.45, 2.75) is 78.6 Å². The van der Waals surface area contributed by atoms with Crippen LogP contribution in [-0.4, -0.2) is 5.91 Å². The normalized spacial score (nSPS) is 14.5. The second-order valence-electron chi connectivity index (χ2n) is 5.17. The molecule has 2 nitrogen and oxygen atoms in total. The highest BCUT2D eigenvalue weighted by Gasteiger charge is 2.23. The van der Waals surface area contributed by atoms with Crippen molar-refractivity contribution in [2.24, 2.45) is 17.6 Å². The van der Waals surface area contributed by atoms with E-state index in [1.807, 2.05) is 0 Å². The van der Waals surface area contributed by atoms with Crippen molar-refractivity contribution in [2.75, 3.05) is 0 Å². The molecule has 0 aromatic rings. The highest BCUT2D eigenvalue weighted by Crippen LogP contribution is 2.26. The van der Waals surface area contributed by atoms with Gasteiger partial charge in [-0.25, -0.2) is 0 Å². The van der Waals surface area contributed by atoms with Crippen LogP contribution in [0.1, 0.15) is 78.6 Å². The lowest BCUT2D eigenvalue weighted by molar-refractivity contribution is -0.123. The van der Waals surface area contributed by atoms with Gasteiger partial charge in [-0.2, -0.15) is 0 Å². The van der Waals surface area contributed by atoms with Crippen LogP contribution in [0.25, 0.3) is 0 Å². The van der Waals surface area contributed by atoms with Crippen LogP contribution >= 0.6 is 0 Å². The van der Waals surface area contributed by atoms with Crippen LogP contribution in [0, 0.1) is 11.8 Å². The number of carbonyl (C=O) groups excluding carboxylic acids is 1. The molecule has 0 saturated heterocycles. The molecule has 0 aliphatic rings. The van der Waals surface area contributed by atoms with Crippen molar-refractivity contribution in [3.05, 3.63) is 0 Å². The van der Waals surface area contributed by atoms with Crippen LogP contribution in [0.15, 0.2) is 0 Å². The summed E-state index contributed by atoms with van der Waals surface area (Å²) in [6.45, 7) is 6.55. The van der Waals surface area contributed by atoms with Crippen molar-refractivity contribution in [1.82, 2.24) is 0 Å². The van der Waals surface area contributed by atoms with Gasteiger partial charge in [-0.1, -0.05) is 65.7 Å². The van der Waals surface area contributed by atoms with Crippen LogP contribution in [0.5, 0.6) is 0 Å². The number of primary amides is 1. The lowest BCUT2D eigenvalue weighted by Gasteiger charge is -2.23. The second kappa shape index (κ2) is 10.6. The third-order valence-corrected chi connectivity index (χ3v) is 3.74. The summed E-state index contributed by atoms with van der Waals surface area (Å²) < 4.78 is 0. The topological polar surface area (TPSA) is 43.1 Å². The van der Waals surface area contributed by atoms with Gasteiger partial charge < -0.3 is 5.73 Å². The molecule has 0 aliphatic heterocycles. The van der Waals surface area contributed by atoms with Gasteiger partial charge in [0.2, 0.25) is 5.91 Å². The zero-order valence-corrected chi connectivity index (χ0v) is 12.0. The fourth-order valence-electron chi connectivity index (χ4n) is 2.62. The quantitative estimate of drug-likeness (QED) is 0.539. The molecule has 1 amide bonds. The van der Waals surface area contributed by atoms with E-state index in [1.165, 1.54) is 38.5 Å². The maximum atomic E-state index is 11.4. The number of hydrogen-bond donors (Lipinski definition) is 1. The van der Waals surface area contributed by atoms with Crippen molar-refractivity contribution in [1.29, 1.82) is 0 Å². The van der Waals surface area contributed by atoms with Gasteiger partial charge in [-0.15, -0.1) is 0 Å². The summed E-state index contributed by atoms with van der Waals surface area (Å²) in [6, 6.07) is 0. The van der Waals surface area contributed by atoms with E-state index in [1.54, 1.807) is 0 Å². The average molecular weight is 241 g/mol. The Morgan fingerprint density at radius 2 is 1.59 bits per heavy atom. The van der Waals surface area contributed by atoms with E-state index in [0.717, 1.165) is 19.3 Å². The highest BCUT2D eigenvalue weighted by atomic mass is 16.1. The van der Waals surface area contributed by atoms with Crippen LogP contribution in [0.4, 0.5) is 0 Å². The lowest BCUT2D eigenvalue weighted by atomic mass is 9.82. The second-order valence-corrected chi connectivity index (χ2v) is 5.17. The maximum absolute atomic E-state index is 11.4. The molecule has 0 bridgehead atoms. The molecule has 2 atom stereocenters. The molecule has 0 fully saturated rings. The van der Waals surface area contributed by atoms with Gasteiger partial charge in [0.25, 0.3) is 0 Å². The predicted octanol–water partition coefficient (Wildman–Crippen LogP) is 4.27. The number of nitrogens with two attached hydrogens (primary N) is 1. The Bertz CT molecular complexity index is 191. The van der Waals surface area contributed by atoms with Gasteiger partial charge >= 0.3 is 0 Å². The van der Waals surface area contributed by atoms with Gasteiger partial charge in [0.05, 0.1) is 0 Å². The molecule has 102 valence electrons. The number of hydrogen-bond acceptors (Lipinski definition) is 1. The van der Waals surface area contributed by atoms with Gasteiger partial charge in [-0.3, -0.25) is 4.79 Å². The van der Waals surface area contributed by atoms with E-state index in [-0.39, 0.29) is 11.8 Å². The Labute approximate surface area is 107 Å². The standard InChI is InChI=1S/C15H31NO/c1-4-7-8-9-10-12-13(6-3)14(11-5-2)15(16)17/h13-14H,4-12H2,1-3H3,(H2,16,17). The Kier molecular flexibility index (Phi) is 10.3. The predicted molar refractivity (Wildman–Crippen MR) is 74.7 cm³/mol. The summed E-state index contributed by atoms with van der Waals surface area (Å²) in [5.41, 5.74) is 5.51. The monoisotopic (exact) mass is 241 g/mol. The van der Waals surface area contributed by atoms with Gasteiger partial charge in [0.15, 0.2) is 0 Å². The first-order valence-electron chi connectivity index (χ1n) is 7.46. The number of amides is 1. The van der Waals surface area contributed by atoms with Crippen molar-refractivity contribution in [3.63, 3.8) is 0 Å². The molecular weight excluding hydrogens is 210 g/mol. The minimum Gasteiger partial charge on any atom is -0.369 e. The zero-order valence-electron chi connectivity index (χ0n) is 12.0. The summed E-state index contributed by atoms with van der Waals surface area (Å²) in [5.74, 6) is 0.525. The maximum Gasteiger partial charge on any atom is 0.220 e. The van der Waals surface area contributed by atoms with E-state index in [0.29, 0.717) is 5.92 Å². The molecule has 2 N–H and O–H groups in total. The van der Waals surface area contributed by atoms with E-state index >= 15 is 0 Å². The Hall–Kier alpha value is -0.530. The molecule has 0 rings (SSSR count). The fourth-order valence-corrected chi connectivity index (χ4v) is 2.62. The molecular formula is C15H31NO. The minimum atomic E-state index is -0.0905. The third-order valence-electron chi connectivity index (χ3n) is 3.74. The van der Waals surface area contributed by atoms with Crippen LogP contribution in [0.2, 0.25) is 0 Å². The van der Waals surface area contributed by atoms with Crippen LogP contribution in [-0.2, 0) is 4.79 Å². The molecule has 0 aromatic heterocycles. The molecule has 0 aromatic carbocycles. The van der Waals surface area contributed by atoms with E-state index in [9.17, 15) is 4.79 Å². The van der Waals surface area contributed by atoms with Gasteiger partial charge in [0.1, 0.15) is 0 Å². The SMILES string of the molecule is CCCCCCCC(CC)C(CCC)C(N)=O. The average Bonchev–Trinajstić information content (AvgIpc) is 2.31. The fraction of sp³-hybridized carbons (Fsp3) is 0.933. The first-order valence-corrected chi connectivity index (χ1v) is 7.46. The largest absolute Gasteiger partial charge is 0.369 e. The molecule has 0 aliphatic carbocycles. The third kappa shape index (κ3) is 7.40. The molecule has 2 unspecified atom stereocenters. The summed E-state index contributed by atoms with van der Waals surface area (Å²) in [5, 5.41) is 0. The first-order chi connectivity index (χ1) is 8.17. The Morgan fingerprint density at radius 3 is 2.06 bits per heavy atom. The summed E-state index contributed by atoms with van der Waals surface area (Å²) in [4.78, 5) is 11.4. The molecule has 0 heterocycles. The Morgan fingerprint density at radius 1 is 0.941 bits per heavy atom. The van der Waals surface area contributed by atoms with Gasteiger partial charge in [-0.05, 0) is 18.8 Å².